The van der Waals surface area contributed by atoms with Gasteiger partial charge in [-0.2, -0.15) is 0 Å². The molecule has 0 fully saturated rings. The molecule has 3 heteroatoms. The van der Waals surface area contributed by atoms with Crippen LogP contribution in [0.15, 0.2) is 24.3 Å². The third-order valence-corrected chi connectivity index (χ3v) is 2.27. The summed E-state index contributed by atoms with van der Waals surface area (Å²) < 4.78 is 5.19. The Morgan fingerprint density at radius 3 is 2.62 bits per heavy atom. The second kappa shape index (κ2) is 7.01. The Morgan fingerprint density at radius 1 is 1.31 bits per heavy atom. The van der Waals surface area contributed by atoms with Crippen molar-refractivity contribution < 1.29 is 9.53 Å². The van der Waals surface area contributed by atoms with Crippen molar-refractivity contribution in [2.45, 2.75) is 20.3 Å². The minimum atomic E-state index is -0.0171. The summed E-state index contributed by atoms with van der Waals surface area (Å²) in [6.45, 7) is 6.05. The molecule has 0 radical (unpaired) electrons. The van der Waals surface area contributed by atoms with Gasteiger partial charge in [0.15, 0.2) is 0 Å². The van der Waals surface area contributed by atoms with E-state index in [0.717, 1.165) is 18.6 Å². The number of nitrogens with one attached hydrogen (secondary N) is 1. The summed E-state index contributed by atoms with van der Waals surface area (Å²) in [5.41, 5.74) is 1.87. The zero-order chi connectivity index (χ0) is 11.8. The van der Waals surface area contributed by atoms with Crippen LogP contribution in [0.25, 0.3) is 0 Å². The van der Waals surface area contributed by atoms with E-state index in [1.165, 1.54) is 0 Å². The third kappa shape index (κ3) is 4.45. The van der Waals surface area contributed by atoms with Crippen LogP contribution >= 0.6 is 0 Å². The Kier molecular flexibility index (Phi) is 5.57. The maximum atomic E-state index is 11.6. The molecule has 0 unspecified atom stereocenters. The summed E-state index contributed by atoms with van der Waals surface area (Å²) in [5, 5.41) is 2.86. The molecule has 0 aliphatic carbocycles. The zero-order valence-corrected chi connectivity index (χ0v) is 9.95. The first-order valence-electron chi connectivity index (χ1n) is 5.66. The predicted molar refractivity (Wildman–Crippen MR) is 64.6 cm³/mol. The number of hydrogen-bond donors (Lipinski definition) is 1. The first kappa shape index (κ1) is 12.7. The van der Waals surface area contributed by atoms with Gasteiger partial charge in [0, 0.05) is 25.3 Å². The average Bonchev–Trinajstić information content (AvgIpc) is 2.29. The molecule has 0 atom stereocenters. The smallest absolute Gasteiger partial charge is 0.251 e. The van der Waals surface area contributed by atoms with Crippen LogP contribution < -0.4 is 5.32 Å². The minimum Gasteiger partial charge on any atom is -0.382 e. The van der Waals surface area contributed by atoms with E-state index in [1.807, 2.05) is 38.1 Å². The Labute approximate surface area is 96.8 Å². The number of rotatable bonds is 6. The number of amides is 1. The van der Waals surface area contributed by atoms with Crippen molar-refractivity contribution in [1.82, 2.24) is 5.32 Å². The summed E-state index contributed by atoms with van der Waals surface area (Å²) in [6, 6.07) is 7.56. The molecule has 1 rings (SSSR count). The lowest BCUT2D eigenvalue weighted by Crippen LogP contribution is -2.25. The number of carbonyl (C=O) groups is 1. The van der Waals surface area contributed by atoms with Crippen LogP contribution in [0.1, 0.15) is 29.3 Å². The Morgan fingerprint density at radius 2 is 2.00 bits per heavy atom. The van der Waals surface area contributed by atoms with Gasteiger partial charge in [-0.15, -0.1) is 0 Å². The highest BCUT2D eigenvalue weighted by atomic mass is 16.5. The molecule has 1 amide bonds. The standard InChI is InChI=1S/C13H19NO2/c1-3-16-10-4-9-14-13(15)12-7-5-11(2)6-8-12/h5-8H,3-4,9-10H2,1-2H3,(H,14,15). The highest BCUT2D eigenvalue weighted by molar-refractivity contribution is 5.94. The Balaban J connectivity index is 2.27. The first-order valence-corrected chi connectivity index (χ1v) is 5.66. The van der Waals surface area contributed by atoms with Crippen LogP contribution in [0.2, 0.25) is 0 Å². The second-order valence-corrected chi connectivity index (χ2v) is 3.67. The second-order valence-electron chi connectivity index (χ2n) is 3.67. The van der Waals surface area contributed by atoms with Gasteiger partial charge in [0.05, 0.1) is 0 Å². The lowest BCUT2D eigenvalue weighted by molar-refractivity contribution is 0.0944. The Hall–Kier alpha value is -1.35. The summed E-state index contributed by atoms with van der Waals surface area (Å²) in [5.74, 6) is -0.0171. The van der Waals surface area contributed by atoms with Crippen LogP contribution in [0.3, 0.4) is 0 Å². The molecule has 3 nitrogen and oxygen atoms in total. The molecule has 0 spiro atoms. The van der Waals surface area contributed by atoms with Crippen LogP contribution in [0.4, 0.5) is 0 Å². The van der Waals surface area contributed by atoms with Gasteiger partial charge in [-0.1, -0.05) is 17.7 Å². The molecule has 0 aliphatic heterocycles. The first-order chi connectivity index (χ1) is 7.74. The topological polar surface area (TPSA) is 38.3 Å². The lowest BCUT2D eigenvalue weighted by atomic mass is 10.1. The van der Waals surface area contributed by atoms with Crippen molar-refractivity contribution >= 4 is 5.91 Å². The van der Waals surface area contributed by atoms with Gasteiger partial charge in [-0.25, -0.2) is 0 Å². The zero-order valence-electron chi connectivity index (χ0n) is 9.95. The molecular formula is C13H19NO2. The van der Waals surface area contributed by atoms with E-state index in [4.69, 9.17) is 4.74 Å². The minimum absolute atomic E-state index is 0.0171. The summed E-state index contributed by atoms with van der Waals surface area (Å²) in [7, 11) is 0. The fourth-order valence-corrected chi connectivity index (χ4v) is 1.33. The van der Waals surface area contributed by atoms with E-state index in [2.05, 4.69) is 5.32 Å². The van der Waals surface area contributed by atoms with E-state index in [-0.39, 0.29) is 5.91 Å². The number of aryl methyl sites for hydroxylation is 1. The molecule has 88 valence electrons. The normalized spacial score (nSPS) is 10.1. The van der Waals surface area contributed by atoms with Crippen LogP contribution in [0, 0.1) is 6.92 Å². The molecule has 0 saturated heterocycles. The van der Waals surface area contributed by atoms with Crippen molar-refractivity contribution in [2.24, 2.45) is 0 Å². The van der Waals surface area contributed by atoms with Crippen molar-refractivity contribution in [3.63, 3.8) is 0 Å². The molecule has 0 heterocycles. The van der Waals surface area contributed by atoms with Gasteiger partial charge < -0.3 is 10.1 Å². The monoisotopic (exact) mass is 221 g/mol. The van der Waals surface area contributed by atoms with Gasteiger partial charge in [-0.3, -0.25) is 4.79 Å². The molecular weight excluding hydrogens is 202 g/mol. The van der Waals surface area contributed by atoms with Crippen molar-refractivity contribution in [3.05, 3.63) is 35.4 Å². The third-order valence-electron chi connectivity index (χ3n) is 2.27. The van der Waals surface area contributed by atoms with Gasteiger partial charge in [-0.05, 0) is 32.4 Å². The number of benzene rings is 1. The fraction of sp³-hybridized carbons (Fsp3) is 0.462. The van der Waals surface area contributed by atoms with Crippen LogP contribution in [0.5, 0.6) is 0 Å². The number of hydrogen-bond acceptors (Lipinski definition) is 2. The van der Waals surface area contributed by atoms with Gasteiger partial charge in [0.25, 0.3) is 5.91 Å². The SMILES string of the molecule is CCOCCCNC(=O)c1ccc(C)cc1. The maximum absolute atomic E-state index is 11.6. The quantitative estimate of drug-likeness (QED) is 0.747. The molecule has 0 aliphatic rings. The maximum Gasteiger partial charge on any atom is 0.251 e. The highest BCUT2D eigenvalue weighted by Gasteiger charge is 2.03. The fourth-order valence-electron chi connectivity index (χ4n) is 1.33. The van der Waals surface area contributed by atoms with Gasteiger partial charge in [0.1, 0.15) is 0 Å². The molecule has 16 heavy (non-hydrogen) atoms. The van der Waals surface area contributed by atoms with E-state index >= 15 is 0 Å². The molecule has 1 aromatic carbocycles. The van der Waals surface area contributed by atoms with E-state index in [9.17, 15) is 4.79 Å². The molecule has 0 saturated carbocycles. The van der Waals surface area contributed by atoms with Gasteiger partial charge >= 0.3 is 0 Å². The van der Waals surface area contributed by atoms with Crippen molar-refractivity contribution in [3.8, 4) is 0 Å². The predicted octanol–water partition coefficient (Wildman–Crippen LogP) is 2.15. The largest absolute Gasteiger partial charge is 0.382 e. The van der Waals surface area contributed by atoms with E-state index in [0.29, 0.717) is 18.7 Å². The molecule has 1 N–H and O–H groups in total. The average molecular weight is 221 g/mol. The highest BCUT2D eigenvalue weighted by Crippen LogP contribution is 2.02. The molecule has 0 bridgehead atoms. The van der Waals surface area contributed by atoms with E-state index in [1.54, 1.807) is 0 Å². The van der Waals surface area contributed by atoms with Crippen molar-refractivity contribution in [1.29, 1.82) is 0 Å². The van der Waals surface area contributed by atoms with Crippen LogP contribution in [-0.2, 0) is 4.74 Å². The number of carbonyl (C=O) groups excluding carboxylic acids is 1. The van der Waals surface area contributed by atoms with E-state index < -0.39 is 0 Å². The molecule has 1 aromatic rings. The summed E-state index contributed by atoms with van der Waals surface area (Å²) in [4.78, 5) is 11.6. The van der Waals surface area contributed by atoms with Gasteiger partial charge in [0.2, 0.25) is 0 Å². The number of ether oxygens (including phenoxy) is 1. The van der Waals surface area contributed by atoms with Crippen molar-refractivity contribution in [2.75, 3.05) is 19.8 Å². The summed E-state index contributed by atoms with van der Waals surface area (Å²) in [6.07, 6.45) is 0.853. The molecule has 0 aromatic heterocycles. The summed E-state index contributed by atoms with van der Waals surface area (Å²) >= 11 is 0. The lowest BCUT2D eigenvalue weighted by Gasteiger charge is -2.05. The van der Waals surface area contributed by atoms with Crippen LogP contribution in [-0.4, -0.2) is 25.7 Å². The Bertz CT molecular complexity index is 319.